The fourth-order valence-corrected chi connectivity index (χ4v) is 2.51. The van der Waals surface area contributed by atoms with Gasteiger partial charge in [0.05, 0.1) is 21.4 Å². The second kappa shape index (κ2) is 7.09. The van der Waals surface area contributed by atoms with Gasteiger partial charge in [-0.05, 0) is 36.2 Å². The quantitative estimate of drug-likeness (QED) is 0.791. The van der Waals surface area contributed by atoms with Gasteiger partial charge in [-0.2, -0.15) is 10.2 Å². The van der Waals surface area contributed by atoms with Crippen LogP contribution in [0.4, 0.5) is 0 Å². The maximum Gasteiger partial charge on any atom is 0.271 e. The zero-order chi connectivity index (χ0) is 15.4. The predicted molar refractivity (Wildman–Crippen MR) is 84.5 cm³/mol. The molecule has 0 aromatic carbocycles. The van der Waals surface area contributed by atoms with Crippen LogP contribution in [0.3, 0.4) is 0 Å². The monoisotopic (exact) mass is 373 g/mol. The summed E-state index contributed by atoms with van der Waals surface area (Å²) in [6, 6.07) is 0. The fourth-order valence-electron chi connectivity index (χ4n) is 1.96. The lowest BCUT2D eigenvalue weighted by molar-refractivity contribution is 0.0942. The van der Waals surface area contributed by atoms with Gasteiger partial charge in [0.2, 0.25) is 0 Å². The molecule has 0 aliphatic heterocycles. The summed E-state index contributed by atoms with van der Waals surface area (Å²) in [7, 11) is 0. The number of hydrogen-bond donors (Lipinski definition) is 1. The van der Waals surface area contributed by atoms with E-state index in [1.165, 1.54) is 6.20 Å². The van der Waals surface area contributed by atoms with Crippen LogP contribution in [0.5, 0.6) is 0 Å². The Labute approximate surface area is 136 Å². The van der Waals surface area contributed by atoms with E-state index >= 15 is 0 Å². The predicted octanol–water partition coefficient (Wildman–Crippen LogP) is 2.64. The van der Waals surface area contributed by atoms with Crippen LogP contribution in [0.15, 0.2) is 16.9 Å². The molecule has 0 unspecified atom stereocenters. The van der Waals surface area contributed by atoms with Gasteiger partial charge in [-0.1, -0.05) is 11.6 Å². The fraction of sp³-hybridized carbons (Fsp3) is 0.462. The summed E-state index contributed by atoms with van der Waals surface area (Å²) in [4.78, 5) is 12.1. The highest BCUT2D eigenvalue weighted by molar-refractivity contribution is 9.10. The molecule has 0 fully saturated rings. The maximum atomic E-state index is 12.1. The highest BCUT2D eigenvalue weighted by atomic mass is 79.9. The molecule has 1 amide bonds. The molecule has 2 rings (SSSR count). The van der Waals surface area contributed by atoms with Gasteiger partial charge in [-0.3, -0.25) is 14.2 Å². The largest absolute Gasteiger partial charge is 0.351 e. The van der Waals surface area contributed by atoms with Crippen LogP contribution in [0.25, 0.3) is 0 Å². The molecule has 2 heterocycles. The summed E-state index contributed by atoms with van der Waals surface area (Å²) >= 11 is 9.40. The van der Waals surface area contributed by atoms with Crippen molar-refractivity contribution >= 4 is 33.4 Å². The second-order valence-corrected chi connectivity index (χ2v) is 5.85. The van der Waals surface area contributed by atoms with Gasteiger partial charge < -0.3 is 5.32 Å². The van der Waals surface area contributed by atoms with Crippen LogP contribution in [0, 0.1) is 6.92 Å². The molecular formula is C13H17BrClN5O. The number of halogens is 2. The van der Waals surface area contributed by atoms with Crippen molar-refractivity contribution in [1.29, 1.82) is 0 Å². The van der Waals surface area contributed by atoms with E-state index in [2.05, 4.69) is 31.4 Å². The van der Waals surface area contributed by atoms with Crippen molar-refractivity contribution in [3.8, 4) is 0 Å². The number of rotatable bonds is 6. The van der Waals surface area contributed by atoms with Gasteiger partial charge in [0.25, 0.3) is 5.91 Å². The molecular weight excluding hydrogens is 358 g/mol. The van der Waals surface area contributed by atoms with Crippen LogP contribution in [-0.4, -0.2) is 32.0 Å². The molecule has 114 valence electrons. The molecule has 0 radical (unpaired) electrons. The average Bonchev–Trinajstić information content (AvgIpc) is 2.98. The molecule has 6 nitrogen and oxygen atoms in total. The van der Waals surface area contributed by atoms with E-state index in [9.17, 15) is 4.79 Å². The molecule has 0 bridgehead atoms. The molecule has 0 saturated heterocycles. The summed E-state index contributed by atoms with van der Waals surface area (Å²) < 4.78 is 4.44. The summed E-state index contributed by atoms with van der Waals surface area (Å²) in [5.74, 6) is -0.197. The summed E-state index contributed by atoms with van der Waals surface area (Å²) in [5.41, 5.74) is 1.37. The first-order valence-electron chi connectivity index (χ1n) is 6.72. The van der Waals surface area contributed by atoms with E-state index in [1.54, 1.807) is 4.68 Å². The third-order valence-electron chi connectivity index (χ3n) is 3.05. The third kappa shape index (κ3) is 3.85. The first-order valence-corrected chi connectivity index (χ1v) is 7.89. The van der Waals surface area contributed by atoms with E-state index in [0.717, 1.165) is 23.1 Å². The van der Waals surface area contributed by atoms with Crippen molar-refractivity contribution in [2.24, 2.45) is 0 Å². The molecule has 0 atom stereocenters. The Morgan fingerprint density at radius 3 is 2.90 bits per heavy atom. The van der Waals surface area contributed by atoms with Crippen LogP contribution >= 0.6 is 27.5 Å². The molecule has 0 saturated carbocycles. The normalized spacial score (nSPS) is 10.9. The van der Waals surface area contributed by atoms with Crippen LogP contribution in [0.2, 0.25) is 5.02 Å². The van der Waals surface area contributed by atoms with E-state index in [0.29, 0.717) is 23.8 Å². The van der Waals surface area contributed by atoms with Crippen LogP contribution in [-0.2, 0) is 13.1 Å². The first kappa shape index (κ1) is 16.0. The van der Waals surface area contributed by atoms with Gasteiger partial charge >= 0.3 is 0 Å². The SMILES string of the molecule is CCn1ncc(Cl)c1C(=O)NCCCn1cc(Br)c(C)n1. The number of carbonyl (C=O) groups is 1. The van der Waals surface area contributed by atoms with E-state index < -0.39 is 0 Å². The van der Waals surface area contributed by atoms with E-state index in [4.69, 9.17) is 11.6 Å². The lowest BCUT2D eigenvalue weighted by Crippen LogP contribution is -2.28. The maximum absolute atomic E-state index is 12.1. The highest BCUT2D eigenvalue weighted by Gasteiger charge is 2.16. The number of aromatic nitrogens is 4. The van der Waals surface area contributed by atoms with Gasteiger partial charge in [0.15, 0.2) is 0 Å². The molecule has 21 heavy (non-hydrogen) atoms. The van der Waals surface area contributed by atoms with Crippen molar-refractivity contribution in [3.63, 3.8) is 0 Å². The third-order valence-corrected chi connectivity index (χ3v) is 4.10. The van der Waals surface area contributed by atoms with Gasteiger partial charge in [0, 0.05) is 25.8 Å². The number of aryl methyl sites for hydroxylation is 3. The highest BCUT2D eigenvalue weighted by Crippen LogP contribution is 2.15. The van der Waals surface area contributed by atoms with Gasteiger partial charge in [-0.25, -0.2) is 0 Å². The van der Waals surface area contributed by atoms with Crippen LogP contribution < -0.4 is 5.32 Å². The lowest BCUT2D eigenvalue weighted by atomic mass is 10.3. The average molecular weight is 375 g/mol. The Balaban J connectivity index is 1.83. The number of carbonyl (C=O) groups excluding carboxylic acids is 1. The Morgan fingerprint density at radius 1 is 1.52 bits per heavy atom. The molecule has 8 heteroatoms. The van der Waals surface area contributed by atoms with E-state index in [1.807, 2.05) is 24.7 Å². The van der Waals surface area contributed by atoms with Crippen LogP contribution in [0.1, 0.15) is 29.5 Å². The molecule has 0 aliphatic carbocycles. The minimum absolute atomic E-state index is 0.197. The summed E-state index contributed by atoms with van der Waals surface area (Å²) in [6.45, 7) is 5.76. The molecule has 2 aromatic rings. The zero-order valence-corrected chi connectivity index (χ0v) is 14.3. The zero-order valence-electron chi connectivity index (χ0n) is 11.9. The summed E-state index contributed by atoms with van der Waals surface area (Å²) in [6.07, 6.45) is 4.21. The van der Waals surface area contributed by atoms with Crippen molar-refractivity contribution in [2.75, 3.05) is 6.54 Å². The molecule has 0 spiro atoms. The minimum Gasteiger partial charge on any atom is -0.351 e. The number of nitrogens with zero attached hydrogens (tertiary/aromatic N) is 4. The smallest absolute Gasteiger partial charge is 0.271 e. The Kier molecular flexibility index (Phi) is 5.41. The van der Waals surface area contributed by atoms with Crippen molar-refractivity contribution in [1.82, 2.24) is 24.9 Å². The van der Waals surface area contributed by atoms with E-state index in [-0.39, 0.29) is 5.91 Å². The topological polar surface area (TPSA) is 64.7 Å². The number of amides is 1. The molecule has 0 aliphatic rings. The van der Waals surface area contributed by atoms with Crippen molar-refractivity contribution in [2.45, 2.75) is 33.4 Å². The Hall–Kier alpha value is -1.34. The Morgan fingerprint density at radius 2 is 2.29 bits per heavy atom. The number of hydrogen-bond acceptors (Lipinski definition) is 3. The van der Waals surface area contributed by atoms with Crippen molar-refractivity contribution in [3.05, 3.63) is 33.3 Å². The molecule has 1 N–H and O–H groups in total. The standard InChI is InChI=1S/C13H17BrClN5O/c1-3-20-12(11(15)7-17-20)13(21)16-5-4-6-19-8-10(14)9(2)18-19/h7-8H,3-6H2,1-2H3,(H,16,21). The molecule has 2 aromatic heterocycles. The van der Waals surface area contributed by atoms with Gasteiger partial charge in [-0.15, -0.1) is 0 Å². The van der Waals surface area contributed by atoms with Gasteiger partial charge in [0.1, 0.15) is 5.69 Å². The first-order chi connectivity index (χ1) is 10.0. The second-order valence-electron chi connectivity index (χ2n) is 4.59. The summed E-state index contributed by atoms with van der Waals surface area (Å²) in [5, 5.41) is 11.6. The lowest BCUT2D eigenvalue weighted by Gasteiger charge is -2.07. The Bertz CT molecular complexity index is 617. The van der Waals surface area contributed by atoms with Crippen molar-refractivity contribution < 1.29 is 4.79 Å². The number of nitrogens with one attached hydrogen (secondary N) is 1. The minimum atomic E-state index is -0.197.